The van der Waals surface area contributed by atoms with Gasteiger partial charge in [-0.25, -0.2) is 0 Å². The molecule has 0 aliphatic heterocycles. The molecular weight excluding hydrogens is 258 g/mol. The second-order valence-electron chi connectivity index (χ2n) is 8.05. The van der Waals surface area contributed by atoms with E-state index in [9.17, 15) is 0 Å². The summed E-state index contributed by atoms with van der Waals surface area (Å²) in [5.41, 5.74) is 3.33. The highest BCUT2D eigenvalue weighted by atomic mass is 16.5. The van der Waals surface area contributed by atoms with Gasteiger partial charge in [0.2, 0.25) is 0 Å². The Morgan fingerprint density at radius 1 is 1.10 bits per heavy atom. The average molecular weight is 289 g/mol. The first-order chi connectivity index (χ1) is 9.81. The standard InChI is InChI=1S/C19H31NO/c1-6-21-13-15-9-7-8-10-17(15)20-16-11-18(2,3)14-19(4,5)12-16/h7-10,16,20H,6,11-14H2,1-5H3. The van der Waals surface area contributed by atoms with Crippen LogP contribution in [-0.2, 0) is 11.3 Å². The molecule has 1 aromatic rings. The van der Waals surface area contributed by atoms with Crippen LogP contribution >= 0.6 is 0 Å². The molecule has 0 saturated heterocycles. The number of hydrogen-bond donors (Lipinski definition) is 1. The summed E-state index contributed by atoms with van der Waals surface area (Å²) in [5.74, 6) is 0. The van der Waals surface area contributed by atoms with E-state index in [1.165, 1.54) is 30.5 Å². The molecule has 0 bridgehead atoms. The van der Waals surface area contributed by atoms with E-state index in [0.29, 0.717) is 23.5 Å². The lowest BCUT2D eigenvalue weighted by Crippen LogP contribution is -2.40. The number of benzene rings is 1. The van der Waals surface area contributed by atoms with Crippen LogP contribution in [0.5, 0.6) is 0 Å². The molecule has 1 fully saturated rings. The monoisotopic (exact) mass is 289 g/mol. The molecular formula is C19H31NO. The van der Waals surface area contributed by atoms with Crippen LogP contribution in [0.15, 0.2) is 24.3 Å². The number of para-hydroxylation sites is 1. The Bertz CT molecular complexity index is 448. The van der Waals surface area contributed by atoms with Gasteiger partial charge in [0, 0.05) is 23.9 Å². The van der Waals surface area contributed by atoms with Gasteiger partial charge >= 0.3 is 0 Å². The predicted octanol–water partition coefficient (Wildman–Crippen LogP) is 5.24. The lowest BCUT2D eigenvalue weighted by Gasteiger charge is -2.45. The molecule has 2 nitrogen and oxygen atoms in total. The van der Waals surface area contributed by atoms with Crippen molar-refractivity contribution < 1.29 is 4.74 Å². The number of hydrogen-bond acceptors (Lipinski definition) is 2. The molecule has 1 aliphatic rings. The number of nitrogens with one attached hydrogen (secondary N) is 1. The first kappa shape index (κ1) is 16.4. The van der Waals surface area contributed by atoms with E-state index >= 15 is 0 Å². The van der Waals surface area contributed by atoms with Gasteiger partial charge in [0.15, 0.2) is 0 Å². The molecule has 0 atom stereocenters. The summed E-state index contributed by atoms with van der Waals surface area (Å²) in [6, 6.07) is 9.09. The third-order valence-electron chi connectivity index (χ3n) is 4.39. The SMILES string of the molecule is CCOCc1ccccc1NC1CC(C)(C)CC(C)(C)C1. The summed E-state index contributed by atoms with van der Waals surface area (Å²) in [7, 11) is 0. The summed E-state index contributed by atoms with van der Waals surface area (Å²) in [6.07, 6.45) is 3.78. The van der Waals surface area contributed by atoms with E-state index in [1.807, 2.05) is 6.92 Å². The highest BCUT2D eigenvalue weighted by Crippen LogP contribution is 2.46. The van der Waals surface area contributed by atoms with Crippen molar-refractivity contribution in [1.82, 2.24) is 0 Å². The minimum absolute atomic E-state index is 0.411. The van der Waals surface area contributed by atoms with Gasteiger partial charge in [-0.2, -0.15) is 0 Å². The van der Waals surface area contributed by atoms with E-state index in [0.717, 1.165) is 6.61 Å². The van der Waals surface area contributed by atoms with Crippen LogP contribution in [0.4, 0.5) is 5.69 Å². The fourth-order valence-electron chi connectivity index (χ4n) is 4.17. The van der Waals surface area contributed by atoms with E-state index in [4.69, 9.17) is 4.74 Å². The Kier molecular flexibility index (Phi) is 4.98. The predicted molar refractivity (Wildman–Crippen MR) is 90.6 cm³/mol. The van der Waals surface area contributed by atoms with E-state index in [1.54, 1.807) is 0 Å². The van der Waals surface area contributed by atoms with Crippen LogP contribution in [0, 0.1) is 10.8 Å². The quantitative estimate of drug-likeness (QED) is 0.800. The maximum absolute atomic E-state index is 5.59. The second kappa shape index (κ2) is 6.39. The van der Waals surface area contributed by atoms with Crippen LogP contribution < -0.4 is 5.32 Å². The van der Waals surface area contributed by atoms with Crippen LogP contribution in [0.2, 0.25) is 0 Å². The second-order valence-corrected chi connectivity index (χ2v) is 8.05. The van der Waals surface area contributed by atoms with Crippen molar-refractivity contribution in [3.8, 4) is 0 Å². The Morgan fingerprint density at radius 2 is 1.71 bits per heavy atom. The first-order valence-electron chi connectivity index (χ1n) is 8.23. The number of anilines is 1. The van der Waals surface area contributed by atoms with Crippen molar-refractivity contribution in [2.45, 2.75) is 66.5 Å². The first-order valence-corrected chi connectivity index (χ1v) is 8.23. The lowest BCUT2D eigenvalue weighted by molar-refractivity contribution is 0.105. The Morgan fingerprint density at radius 3 is 2.33 bits per heavy atom. The molecule has 2 heteroatoms. The molecule has 0 radical (unpaired) electrons. The maximum atomic E-state index is 5.59. The summed E-state index contributed by atoms with van der Waals surface area (Å²) in [5, 5.41) is 3.79. The van der Waals surface area contributed by atoms with Gasteiger partial charge in [-0.05, 0) is 43.1 Å². The van der Waals surface area contributed by atoms with E-state index in [2.05, 4.69) is 57.3 Å². The summed E-state index contributed by atoms with van der Waals surface area (Å²) < 4.78 is 5.59. The molecule has 118 valence electrons. The fraction of sp³-hybridized carbons (Fsp3) is 0.684. The Labute approximate surface area is 130 Å². The number of rotatable bonds is 5. The van der Waals surface area contributed by atoms with Crippen molar-refractivity contribution in [3.63, 3.8) is 0 Å². The molecule has 21 heavy (non-hydrogen) atoms. The Hall–Kier alpha value is -1.02. The topological polar surface area (TPSA) is 21.3 Å². The average Bonchev–Trinajstić information content (AvgIpc) is 2.34. The largest absolute Gasteiger partial charge is 0.382 e. The molecule has 1 aromatic carbocycles. The van der Waals surface area contributed by atoms with Crippen molar-refractivity contribution in [3.05, 3.63) is 29.8 Å². The molecule has 1 aliphatic carbocycles. The van der Waals surface area contributed by atoms with Crippen molar-refractivity contribution >= 4 is 5.69 Å². The highest BCUT2D eigenvalue weighted by Gasteiger charge is 2.38. The third-order valence-corrected chi connectivity index (χ3v) is 4.39. The van der Waals surface area contributed by atoms with Crippen LogP contribution in [-0.4, -0.2) is 12.6 Å². The molecule has 0 unspecified atom stereocenters. The summed E-state index contributed by atoms with van der Waals surface area (Å²) in [6.45, 7) is 13.1. The van der Waals surface area contributed by atoms with Crippen LogP contribution in [0.3, 0.4) is 0 Å². The van der Waals surface area contributed by atoms with Gasteiger partial charge in [0.05, 0.1) is 6.61 Å². The van der Waals surface area contributed by atoms with Gasteiger partial charge in [0.1, 0.15) is 0 Å². The molecule has 1 N–H and O–H groups in total. The molecule has 0 spiro atoms. The summed E-state index contributed by atoms with van der Waals surface area (Å²) in [4.78, 5) is 0. The number of ether oxygens (including phenoxy) is 1. The minimum atomic E-state index is 0.411. The van der Waals surface area contributed by atoms with Crippen LogP contribution in [0.1, 0.15) is 59.4 Å². The zero-order valence-electron chi connectivity index (χ0n) is 14.3. The van der Waals surface area contributed by atoms with Gasteiger partial charge in [-0.3, -0.25) is 0 Å². The van der Waals surface area contributed by atoms with Crippen molar-refractivity contribution in [2.75, 3.05) is 11.9 Å². The van der Waals surface area contributed by atoms with Gasteiger partial charge in [-0.15, -0.1) is 0 Å². The molecule has 2 rings (SSSR count). The maximum Gasteiger partial charge on any atom is 0.0736 e. The minimum Gasteiger partial charge on any atom is -0.382 e. The van der Waals surface area contributed by atoms with Crippen molar-refractivity contribution in [2.24, 2.45) is 10.8 Å². The zero-order valence-corrected chi connectivity index (χ0v) is 14.3. The fourth-order valence-corrected chi connectivity index (χ4v) is 4.17. The molecule has 0 aromatic heterocycles. The Balaban J connectivity index is 2.10. The smallest absolute Gasteiger partial charge is 0.0736 e. The lowest BCUT2D eigenvalue weighted by atomic mass is 9.63. The zero-order chi connectivity index (χ0) is 15.5. The van der Waals surface area contributed by atoms with Gasteiger partial charge in [0.25, 0.3) is 0 Å². The van der Waals surface area contributed by atoms with E-state index in [-0.39, 0.29) is 0 Å². The highest BCUT2D eigenvalue weighted by molar-refractivity contribution is 5.51. The normalized spacial score (nSPS) is 21.2. The third kappa shape index (κ3) is 4.74. The molecule has 1 saturated carbocycles. The van der Waals surface area contributed by atoms with Crippen LogP contribution in [0.25, 0.3) is 0 Å². The molecule has 0 amide bonds. The summed E-state index contributed by atoms with van der Waals surface area (Å²) >= 11 is 0. The van der Waals surface area contributed by atoms with Gasteiger partial charge < -0.3 is 10.1 Å². The molecule has 0 heterocycles. The van der Waals surface area contributed by atoms with E-state index < -0.39 is 0 Å². The van der Waals surface area contributed by atoms with Crippen molar-refractivity contribution in [1.29, 1.82) is 0 Å². The van der Waals surface area contributed by atoms with Gasteiger partial charge in [-0.1, -0.05) is 45.9 Å².